The smallest absolute Gasteiger partial charge is 0.315 e. The average molecular weight is 300 g/mol. The van der Waals surface area contributed by atoms with Crippen LogP contribution in [0.3, 0.4) is 0 Å². The molecule has 3 N–H and O–H groups in total. The lowest BCUT2D eigenvalue weighted by Crippen LogP contribution is -2.45. The van der Waals surface area contributed by atoms with Crippen molar-refractivity contribution in [2.45, 2.75) is 39.3 Å². The first-order chi connectivity index (χ1) is 9.85. The fraction of sp³-hybridized carbons (Fsp3) is 0.533. The first-order valence-corrected chi connectivity index (χ1v) is 6.98. The zero-order valence-corrected chi connectivity index (χ0v) is 12.5. The predicted molar refractivity (Wildman–Crippen MR) is 76.8 cm³/mol. The van der Waals surface area contributed by atoms with Gasteiger partial charge in [-0.15, -0.1) is 0 Å². The minimum Gasteiger partial charge on any atom is -0.396 e. The van der Waals surface area contributed by atoms with Crippen LogP contribution in [0.5, 0.6) is 0 Å². The van der Waals surface area contributed by atoms with Crippen LogP contribution in [0.2, 0.25) is 0 Å². The molecule has 0 saturated heterocycles. The normalized spacial score (nSPS) is 13.9. The van der Waals surface area contributed by atoms with Gasteiger partial charge in [-0.25, -0.2) is 13.6 Å². The molecule has 0 aliphatic heterocycles. The van der Waals surface area contributed by atoms with Crippen LogP contribution in [0.1, 0.15) is 38.8 Å². The Labute approximate surface area is 123 Å². The van der Waals surface area contributed by atoms with Crippen LogP contribution in [0, 0.1) is 17.6 Å². The Morgan fingerprint density at radius 2 is 1.86 bits per heavy atom. The summed E-state index contributed by atoms with van der Waals surface area (Å²) in [6.45, 7) is 5.56. The Kier molecular flexibility index (Phi) is 6.55. The summed E-state index contributed by atoms with van der Waals surface area (Å²) in [6.07, 6.45) is 0.463. The van der Waals surface area contributed by atoms with Crippen molar-refractivity contribution in [3.63, 3.8) is 0 Å². The lowest BCUT2D eigenvalue weighted by Gasteiger charge is -2.23. The number of aliphatic hydroxyl groups is 1. The zero-order valence-electron chi connectivity index (χ0n) is 12.5. The molecular formula is C15H22F2N2O2. The van der Waals surface area contributed by atoms with Crippen LogP contribution >= 0.6 is 0 Å². The van der Waals surface area contributed by atoms with Gasteiger partial charge in [-0.3, -0.25) is 0 Å². The zero-order chi connectivity index (χ0) is 16.0. The van der Waals surface area contributed by atoms with E-state index in [1.807, 2.05) is 13.8 Å². The second-order valence-electron chi connectivity index (χ2n) is 5.38. The van der Waals surface area contributed by atoms with Crippen LogP contribution in [-0.4, -0.2) is 23.8 Å². The highest BCUT2D eigenvalue weighted by molar-refractivity contribution is 5.74. The molecule has 0 radical (unpaired) electrons. The molecule has 0 aromatic heterocycles. The quantitative estimate of drug-likeness (QED) is 0.756. The van der Waals surface area contributed by atoms with Gasteiger partial charge in [-0.2, -0.15) is 0 Å². The Morgan fingerprint density at radius 1 is 1.19 bits per heavy atom. The molecule has 2 unspecified atom stereocenters. The van der Waals surface area contributed by atoms with Crippen molar-refractivity contribution in [1.82, 2.24) is 10.6 Å². The molecule has 118 valence electrons. The number of rotatable bonds is 6. The van der Waals surface area contributed by atoms with Gasteiger partial charge in [0.05, 0.1) is 6.04 Å². The third-order valence-corrected chi connectivity index (χ3v) is 3.35. The van der Waals surface area contributed by atoms with Crippen molar-refractivity contribution in [3.05, 3.63) is 35.4 Å². The van der Waals surface area contributed by atoms with Gasteiger partial charge in [-0.1, -0.05) is 19.9 Å². The molecule has 0 bridgehead atoms. The summed E-state index contributed by atoms with van der Waals surface area (Å²) in [7, 11) is 0. The molecule has 1 aromatic rings. The summed E-state index contributed by atoms with van der Waals surface area (Å²) in [5.74, 6) is -1.68. The van der Waals surface area contributed by atoms with Crippen molar-refractivity contribution in [2.24, 2.45) is 5.92 Å². The van der Waals surface area contributed by atoms with E-state index < -0.39 is 23.7 Å². The maximum absolute atomic E-state index is 13.2. The first kappa shape index (κ1) is 17.4. The molecule has 1 aromatic carbocycles. The Hall–Kier alpha value is -1.69. The fourth-order valence-electron chi connectivity index (χ4n) is 1.98. The molecule has 0 saturated carbocycles. The van der Waals surface area contributed by atoms with Gasteiger partial charge < -0.3 is 15.7 Å². The Morgan fingerprint density at radius 3 is 2.38 bits per heavy atom. The van der Waals surface area contributed by atoms with Crippen molar-refractivity contribution in [2.75, 3.05) is 6.61 Å². The highest BCUT2D eigenvalue weighted by Crippen LogP contribution is 2.16. The average Bonchev–Trinajstić information content (AvgIpc) is 2.41. The van der Waals surface area contributed by atoms with Crippen LogP contribution in [0.25, 0.3) is 0 Å². The van der Waals surface area contributed by atoms with Crippen LogP contribution in [0.15, 0.2) is 18.2 Å². The number of carbonyl (C=O) groups is 1. The number of halogens is 2. The molecule has 0 spiro atoms. The summed E-state index contributed by atoms with van der Waals surface area (Å²) in [5.41, 5.74) is 0.479. The summed E-state index contributed by atoms with van der Waals surface area (Å²) in [5, 5.41) is 14.4. The van der Waals surface area contributed by atoms with E-state index in [2.05, 4.69) is 10.6 Å². The molecule has 0 aliphatic rings. The molecule has 1 rings (SSSR count). The van der Waals surface area contributed by atoms with E-state index in [-0.39, 0.29) is 18.6 Å². The third-order valence-electron chi connectivity index (χ3n) is 3.35. The van der Waals surface area contributed by atoms with Crippen molar-refractivity contribution >= 4 is 6.03 Å². The number of hydrogen-bond acceptors (Lipinski definition) is 2. The van der Waals surface area contributed by atoms with Gasteiger partial charge in [0.15, 0.2) is 11.6 Å². The van der Waals surface area contributed by atoms with Crippen LogP contribution < -0.4 is 10.6 Å². The molecule has 6 heteroatoms. The van der Waals surface area contributed by atoms with Crippen molar-refractivity contribution < 1.29 is 18.7 Å². The van der Waals surface area contributed by atoms with E-state index in [0.717, 1.165) is 12.1 Å². The largest absolute Gasteiger partial charge is 0.396 e. The minimum absolute atomic E-state index is 0.0120. The minimum atomic E-state index is -0.943. The molecule has 0 aliphatic carbocycles. The Bertz CT molecular complexity index is 481. The predicted octanol–water partition coefficient (Wildman–Crippen LogP) is 2.73. The summed E-state index contributed by atoms with van der Waals surface area (Å²) < 4.78 is 26.0. The third kappa shape index (κ3) is 5.30. The molecule has 0 fully saturated rings. The lowest BCUT2D eigenvalue weighted by molar-refractivity contribution is 0.216. The SMILES string of the molecule is CC(NC(=O)NC(CCO)C(C)C)c1ccc(F)c(F)c1. The monoisotopic (exact) mass is 300 g/mol. The molecule has 4 nitrogen and oxygen atoms in total. The van der Waals surface area contributed by atoms with Gasteiger partial charge in [0.1, 0.15) is 0 Å². The summed E-state index contributed by atoms with van der Waals surface area (Å²) in [6, 6.07) is 2.52. The van der Waals surface area contributed by atoms with E-state index in [1.54, 1.807) is 6.92 Å². The number of aliphatic hydroxyl groups excluding tert-OH is 1. The van der Waals surface area contributed by atoms with Crippen molar-refractivity contribution in [3.8, 4) is 0 Å². The van der Waals surface area contributed by atoms with Crippen LogP contribution in [-0.2, 0) is 0 Å². The first-order valence-electron chi connectivity index (χ1n) is 6.98. The molecular weight excluding hydrogens is 278 g/mol. The van der Waals surface area contributed by atoms with Gasteiger partial charge in [0, 0.05) is 12.6 Å². The van der Waals surface area contributed by atoms with Gasteiger partial charge in [-0.05, 0) is 37.0 Å². The molecule has 2 amide bonds. The molecule has 21 heavy (non-hydrogen) atoms. The fourth-order valence-corrected chi connectivity index (χ4v) is 1.98. The van der Waals surface area contributed by atoms with Gasteiger partial charge in [0.2, 0.25) is 0 Å². The van der Waals surface area contributed by atoms with Crippen molar-refractivity contribution in [1.29, 1.82) is 0 Å². The van der Waals surface area contributed by atoms with E-state index in [4.69, 9.17) is 5.11 Å². The highest BCUT2D eigenvalue weighted by Gasteiger charge is 2.17. The van der Waals surface area contributed by atoms with Crippen LogP contribution in [0.4, 0.5) is 13.6 Å². The van der Waals surface area contributed by atoms with E-state index in [1.165, 1.54) is 6.07 Å². The van der Waals surface area contributed by atoms with Gasteiger partial charge in [0.25, 0.3) is 0 Å². The number of urea groups is 1. The Balaban J connectivity index is 2.62. The standard InChI is InChI=1S/C15H22F2N2O2/c1-9(2)14(6-7-20)19-15(21)18-10(3)11-4-5-12(16)13(17)8-11/h4-5,8-10,14,20H,6-7H2,1-3H3,(H2,18,19,21). The van der Waals surface area contributed by atoms with E-state index >= 15 is 0 Å². The maximum Gasteiger partial charge on any atom is 0.315 e. The molecule has 2 atom stereocenters. The highest BCUT2D eigenvalue weighted by atomic mass is 19.2. The summed E-state index contributed by atoms with van der Waals surface area (Å²) in [4.78, 5) is 11.9. The second kappa shape index (κ2) is 7.93. The topological polar surface area (TPSA) is 61.4 Å². The van der Waals surface area contributed by atoms with E-state index in [9.17, 15) is 13.6 Å². The van der Waals surface area contributed by atoms with Gasteiger partial charge >= 0.3 is 6.03 Å². The maximum atomic E-state index is 13.2. The number of nitrogens with one attached hydrogen (secondary N) is 2. The summed E-state index contributed by atoms with van der Waals surface area (Å²) >= 11 is 0. The number of carbonyl (C=O) groups excluding carboxylic acids is 1. The number of hydrogen-bond donors (Lipinski definition) is 3. The van der Waals surface area contributed by atoms with E-state index in [0.29, 0.717) is 12.0 Å². The number of benzene rings is 1. The number of amides is 2. The lowest BCUT2D eigenvalue weighted by atomic mass is 10.0. The molecule has 0 heterocycles. The second-order valence-corrected chi connectivity index (χ2v) is 5.38.